The molecule has 2 aromatic heterocycles. The highest BCUT2D eigenvalue weighted by Crippen LogP contribution is 2.30. The maximum absolute atomic E-state index is 12.5. The van der Waals surface area contributed by atoms with E-state index in [1.54, 1.807) is 4.68 Å². The van der Waals surface area contributed by atoms with Crippen molar-refractivity contribution in [1.82, 2.24) is 19.7 Å². The van der Waals surface area contributed by atoms with Crippen LogP contribution in [-0.4, -0.2) is 57.9 Å². The second-order valence-electron chi connectivity index (χ2n) is 7.05. The zero-order chi connectivity index (χ0) is 17.9. The van der Waals surface area contributed by atoms with Crippen LogP contribution in [0.5, 0.6) is 5.75 Å². The van der Waals surface area contributed by atoms with Crippen molar-refractivity contribution in [2.75, 3.05) is 31.1 Å². The summed E-state index contributed by atoms with van der Waals surface area (Å²) in [5.41, 5.74) is 0.811. The molecule has 0 aromatic carbocycles. The van der Waals surface area contributed by atoms with E-state index in [-0.39, 0.29) is 12.0 Å². The van der Waals surface area contributed by atoms with Crippen LogP contribution in [-0.2, 0) is 18.3 Å². The number of anilines is 1. The first-order valence-corrected chi connectivity index (χ1v) is 9.32. The highest BCUT2D eigenvalue weighted by Gasteiger charge is 2.29. The van der Waals surface area contributed by atoms with E-state index in [4.69, 9.17) is 4.74 Å². The van der Waals surface area contributed by atoms with Gasteiger partial charge in [0.25, 0.3) is 0 Å². The van der Waals surface area contributed by atoms with Gasteiger partial charge in [0, 0.05) is 45.5 Å². The summed E-state index contributed by atoms with van der Waals surface area (Å²) < 4.78 is 7.96. The molecule has 1 atom stereocenters. The molecular weight excluding hydrogens is 330 g/mol. The Kier molecular flexibility index (Phi) is 4.77. The minimum Gasteiger partial charge on any atom is -0.485 e. The fourth-order valence-electron chi connectivity index (χ4n) is 3.70. The molecule has 0 bridgehead atoms. The number of rotatable bonds is 5. The van der Waals surface area contributed by atoms with Crippen LogP contribution in [0.1, 0.15) is 25.0 Å². The van der Waals surface area contributed by atoms with Gasteiger partial charge in [-0.25, -0.2) is 4.98 Å². The van der Waals surface area contributed by atoms with Crippen molar-refractivity contribution in [3.05, 3.63) is 36.3 Å². The molecule has 2 saturated heterocycles. The lowest BCUT2D eigenvalue weighted by molar-refractivity contribution is -0.129. The van der Waals surface area contributed by atoms with Crippen LogP contribution in [0, 0.1) is 0 Å². The van der Waals surface area contributed by atoms with Gasteiger partial charge in [0.2, 0.25) is 5.91 Å². The summed E-state index contributed by atoms with van der Waals surface area (Å²) >= 11 is 0. The average Bonchev–Trinajstić information content (AvgIpc) is 3.38. The number of carbonyl (C=O) groups excluding carboxylic acids is 1. The highest BCUT2D eigenvalue weighted by atomic mass is 16.5. The number of ether oxygens (including phenoxy) is 1. The summed E-state index contributed by atoms with van der Waals surface area (Å²) in [5.74, 6) is 1.88. The van der Waals surface area contributed by atoms with Gasteiger partial charge in [0.1, 0.15) is 6.10 Å². The molecule has 2 fully saturated rings. The lowest BCUT2D eigenvalue weighted by Gasteiger charge is -2.22. The number of hydrogen-bond donors (Lipinski definition) is 0. The smallest absolute Gasteiger partial charge is 0.228 e. The molecule has 0 N–H and O–H groups in total. The number of nitrogens with zero attached hydrogens (tertiary/aromatic N) is 5. The SMILES string of the molecule is Cn1ccc(CC(=O)N2CC[C@H](Oc3cccnc3N3CCCC3)C2)n1. The van der Waals surface area contributed by atoms with E-state index in [1.807, 2.05) is 42.5 Å². The molecule has 0 saturated carbocycles. The van der Waals surface area contributed by atoms with E-state index >= 15 is 0 Å². The van der Waals surface area contributed by atoms with Crippen molar-refractivity contribution < 1.29 is 9.53 Å². The van der Waals surface area contributed by atoms with Crippen molar-refractivity contribution in [3.63, 3.8) is 0 Å². The van der Waals surface area contributed by atoms with Crippen LogP contribution < -0.4 is 9.64 Å². The first-order valence-electron chi connectivity index (χ1n) is 9.32. The lowest BCUT2D eigenvalue weighted by Crippen LogP contribution is -2.32. The Bertz CT molecular complexity index is 769. The van der Waals surface area contributed by atoms with Gasteiger partial charge < -0.3 is 14.5 Å². The van der Waals surface area contributed by atoms with E-state index in [0.717, 1.165) is 43.3 Å². The zero-order valence-electron chi connectivity index (χ0n) is 15.2. The molecule has 0 aliphatic carbocycles. The Morgan fingerprint density at radius 2 is 2.12 bits per heavy atom. The summed E-state index contributed by atoms with van der Waals surface area (Å²) in [6.45, 7) is 3.43. The van der Waals surface area contributed by atoms with Crippen LogP contribution in [0.15, 0.2) is 30.6 Å². The number of hydrogen-bond acceptors (Lipinski definition) is 5. The third-order valence-corrected chi connectivity index (χ3v) is 5.05. The van der Waals surface area contributed by atoms with E-state index in [2.05, 4.69) is 15.0 Å². The predicted octanol–water partition coefficient (Wildman–Crippen LogP) is 1.64. The molecular formula is C19H25N5O2. The molecule has 2 aliphatic heterocycles. The standard InChI is InChI=1S/C19H25N5O2/c1-22-11-6-15(21-22)13-18(25)24-12-7-16(14-24)26-17-5-4-8-20-19(17)23-9-2-3-10-23/h4-6,8,11,16H,2-3,7,9-10,12-14H2,1H3/t16-/m0/s1. The summed E-state index contributed by atoms with van der Waals surface area (Å²) in [6, 6.07) is 5.78. The molecule has 26 heavy (non-hydrogen) atoms. The first kappa shape index (κ1) is 16.9. The zero-order valence-corrected chi connectivity index (χ0v) is 15.2. The fraction of sp³-hybridized carbons (Fsp3) is 0.526. The third-order valence-electron chi connectivity index (χ3n) is 5.05. The minimum absolute atomic E-state index is 0.0215. The Labute approximate surface area is 153 Å². The number of likely N-dealkylation sites (tertiary alicyclic amines) is 1. The van der Waals surface area contributed by atoms with Crippen LogP contribution in [0.4, 0.5) is 5.82 Å². The van der Waals surface area contributed by atoms with Gasteiger partial charge in [0.05, 0.1) is 18.7 Å². The van der Waals surface area contributed by atoms with Gasteiger partial charge in [-0.05, 0) is 31.0 Å². The maximum Gasteiger partial charge on any atom is 0.228 e. The molecule has 7 nitrogen and oxygen atoms in total. The quantitative estimate of drug-likeness (QED) is 0.816. The fourth-order valence-corrected chi connectivity index (χ4v) is 3.70. The first-order chi connectivity index (χ1) is 12.7. The topological polar surface area (TPSA) is 63.5 Å². The number of pyridine rings is 1. The third kappa shape index (κ3) is 3.66. The summed E-state index contributed by atoms with van der Waals surface area (Å²) in [7, 11) is 1.86. The monoisotopic (exact) mass is 355 g/mol. The molecule has 4 rings (SSSR count). The van der Waals surface area contributed by atoms with Crippen LogP contribution >= 0.6 is 0 Å². The molecule has 0 spiro atoms. The number of aromatic nitrogens is 3. The maximum atomic E-state index is 12.5. The number of amides is 1. The van der Waals surface area contributed by atoms with Gasteiger partial charge >= 0.3 is 0 Å². The Balaban J connectivity index is 1.36. The van der Waals surface area contributed by atoms with Crippen LogP contribution in [0.3, 0.4) is 0 Å². The molecule has 1 amide bonds. The molecule has 0 radical (unpaired) electrons. The van der Waals surface area contributed by atoms with Gasteiger partial charge in [-0.3, -0.25) is 9.48 Å². The average molecular weight is 355 g/mol. The van der Waals surface area contributed by atoms with Crippen molar-refractivity contribution in [2.24, 2.45) is 7.05 Å². The summed E-state index contributed by atoms with van der Waals surface area (Å²) in [5, 5.41) is 4.29. The second-order valence-corrected chi connectivity index (χ2v) is 7.05. The van der Waals surface area contributed by atoms with Crippen molar-refractivity contribution in [1.29, 1.82) is 0 Å². The lowest BCUT2D eigenvalue weighted by atomic mass is 10.3. The normalized spacial score (nSPS) is 20.0. The Morgan fingerprint density at radius 3 is 2.88 bits per heavy atom. The molecule has 7 heteroatoms. The minimum atomic E-state index is 0.0215. The Hall–Kier alpha value is -2.57. The second kappa shape index (κ2) is 7.35. The summed E-state index contributed by atoms with van der Waals surface area (Å²) in [4.78, 5) is 21.2. The van der Waals surface area contributed by atoms with E-state index in [9.17, 15) is 4.79 Å². The molecule has 2 aromatic rings. The largest absolute Gasteiger partial charge is 0.485 e. The van der Waals surface area contributed by atoms with Gasteiger partial charge in [-0.2, -0.15) is 5.10 Å². The predicted molar refractivity (Wildman–Crippen MR) is 98.2 cm³/mol. The molecule has 0 unspecified atom stereocenters. The van der Waals surface area contributed by atoms with Gasteiger partial charge in [0.15, 0.2) is 11.6 Å². The van der Waals surface area contributed by atoms with Crippen molar-refractivity contribution in [3.8, 4) is 5.75 Å². The number of carbonyl (C=O) groups is 1. The highest BCUT2D eigenvalue weighted by molar-refractivity contribution is 5.78. The van der Waals surface area contributed by atoms with Crippen LogP contribution in [0.25, 0.3) is 0 Å². The van der Waals surface area contributed by atoms with Crippen LogP contribution in [0.2, 0.25) is 0 Å². The van der Waals surface area contributed by atoms with Gasteiger partial charge in [-0.1, -0.05) is 0 Å². The summed E-state index contributed by atoms with van der Waals surface area (Å²) in [6.07, 6.45) is 7.30. The van der Waals surface area contributed by atoms with E-state index in [0.29, 0.717) is 13.0 Å². The van der Waals surface area contributed by atoms with Crippen molar-refractivity contribution in [2.45, 2.75) is 31.8 Å². The van der Waals surface area contributed by atoms with E-state index < -0.39 is 0 Å². The van der Waals surface area contributed by atoms with Gasteiger partial charge in [-0.15, -0.1) is 0 Å². The number of aryl methyl sites for hydroxylation is 1. The van der Waals surface area contributed by atoms with Crippen molar-refractivity contribution >= 4 is 11.7 Å². The van der Waals surface area contributed by atoms with E-state index in [1.165, 1.54) is 12.8 Å². The molecule has 138 valence electrons. The Morgan fingerprint density at radius 1 is 1.27 bits per heavy atom. The molecule has 4 heterocycles. The molecule has 2 aliphatic rings.